The average Bonchev–Trinajstić information content (AvgIpc) is 2.82. The van der Waals surface area contributed by atoms with Crippen LogP contribution in [0.1, 0.15) is 22.7 Å². The highest BCUT2D eigenvalue weighted by Crippen LogP contribution is 2.36. The molecular weight excluding hydrogens is 384 g/mol. The van der Waals surface area contributed by atoms with Crippen LogP contribution in [0.3, 0.4) is 0 Å². The summed E-state index contributed by atoms with van der Waals surface area (Å²) in [6.45, 7) is 0. The number of carbonyl (C=O) groups is 1. The van der Waals surface area contributed by atoms with Gasteiger partial charge in [-0.05, 0) is 34.0 Å². The van der Waals surface area contributed by atoms with Gasteiger partial charge in [0.05, 0.1) is 6.04 Å². The normalized spacial score (nSPS) is 12.2. The van der Waals surface area contributed by atoms with E-state index in [0.717, 1.165) is 21.9 Å². The van der Waals surface area contributed by atoms with Crippen molar-refractivity contribution in [2.45, 2.75) is 6.04 Å². The monoisotopic (exact) mass is 404 g/mol. The van der Waals surface area contributed by atoms with Gasteiger partial charge in [0, 0.05) is 5.56 Å². The van der Waals surface area contributed by atoms with Gasteiger partial charge in [-0.25, -0.2) is 0 Å². The summed E-state index contributed by atoms with van der Waals surface area (Å²) in [7, 11) is 0. The number of carbonyl (C=O) groups excluding carboxylic acids is 1. The summed E-state index contributed by atoms with van der Waals surface area (Å²) >= 11 is 0. The molecule has 0 fully saturated rings. The molecule has 1 unspecified atom stereocenters. The van der Waals surface area contributed by atoms with Gasteiger partial charge in [-0.15, -0.1) is 0 Å². The van der Waals surface area contributed by atoms with Gasteiger partial charge >= 0.3 is 0 Å². The highest BCUT2D eigenvalue weighted by molar-refractivity contribution is 6.02. The number of nitriles is 1. The Labute approximate surface area is 180 Å². The van der Waals surface area contributed by atoms with E-state index >= 15 is 0 Å². The number of phenols is 1. The first kappa shape index (κ1) is 19.9. The van der Waals surface area contributed by atoms with Gasteiger partial charge in [0.2, 0.25) is 0 Å². The van der Waals surface area contributed by atoms with Gasteiger partial charge in [-0.1, -0.05) is 91.0 Å². The minimum Gasteiger partial charge on any atom is -0.508 e. The number of rotatable bonds is 5. The first-order valence-electron chi connectivity index (χ1n) is 9.90. The van der Waals surface area contributed by atoms with Crippen LogP contribution in [0.4, 0.5) is 0 Å². The highest BCUT2D eigenvalue weighted by Gasteiger charge is 2.24. The molecule has 4 rings (SSSR count). The number of amides is 1. The Kier molecular flexibility index (Phi) is 5.77. The number of nitrogens with one attached hydrogen (secondary N) is 1. The van der Waals surface area contributed by atoms with E-state index in [1.54, 1.807) is 12.1 Å². The second-order valence-electron chi connectivity index (χ2n) is 7.12. The van der Waals surface area contributed by atoms with Gasteiger partial charge in [0.15, 0.2) is 0 Å². The second kappa shape index (κ2) is 8.98. The Balaban J connectivity index is 1.80. The van der Waals surface area contributed by atoms with Gasteiger partial charge in [0.1, 0.15) is 17.4 Å². The Hall–Kier alpha value is -4.36. The zero-order chi connectivity index (χ0) is 21.6. The standard InChI is InChI=1S/C27H20N2O2/c28-18-22(17-19-9-3-1-4-10-19)27(31)29-26(21-12-5-2-6-13-21)25-23-14-8-7-11-20(23)15-16-24(25)30/h1-17,26,30H,(H,29,31). The molecular formula is C27H20N2O2. The van der Waals surface area contributed by atoms with E-state index in [9.17, 15) is 15.2 Å². The number of hydrogen-bond donors (Lipinski definition) is 2. The number of phenolic OH excluding ortho intramolecular Hbond substituents is 1. The van der Waals surface area contributed by atoms with Crippen molar-refractivity contribution in [3.63, 3.8) is 0 Å². The lowest BCUT2D eigenvalue weighted by Gasteiger charge is -2.22. The molecule has 0 heterocycles. The molecule has 0 spiro atoms. The molecule has 4 heteroatoms. The summed E-state index contributed by atoms with van der Waals surface area (Å²) in [6.07, 6.45) is 1.56. The molecule has 0 radical (unpaired) electrons. The minimum atomic E-state index is -0.632. The van der Waals surface area contributed by atoms with Crippen LogP contribution in [0.2, 0.25) is 0 Å². The lowest BCUT2D eigenvalue weighted by Crippen LogP contribution is -2.30. The van der Waals surface area contributed by atoms with Crippen molar-refractivity contribution in [2.24, 2.45) is 0 Å². The summed E-state index contributed by atoms with van der Waals surface area (Å²) in [5, 5.41) is 25.1. The van der Waals surface area contributed by atoms with Gasteiger partial charge in [-0.3, -0.25) is 4.79 Å². The molecule has 1 amide bonds. The first-order chi connectivity index (χ1) is 15.2. The maximum atomic E-state index is 13.1. The maximum Gasteiger partial charge on any atom is 0.262 e. The van der Waals surface area contributed by atoms with Gasteiger partial charge < -0.3 is 10.4 Å². The SMILES string of the molecule is N#CC(=Cc1ccccc1)C(=O)NC(c1ccccc1)c1c(O)ccc2ccccc12. The molecule has 0 aromatic heterocycles. The predicted octanol–water partition coefficient (Wildman–Crippen LogP) is 5.36. The Morgan fingerprint density at radius 1 is 0.871 bits per heavy atom. The fourth-order valence-electron chi connectivity index (χ4n) is 3.63. The lowest BCUT2D eigenvalue weighted by molar-refractivity contribution is -0.117. The van der Waals surface area contributed by atoms with Gasteiger partial charge in [-0.2, -0.15) is 5.26 Å². The maximum absolute atomic E-state index is 13.1. The quantitative estimate of drug-likeness (QED) is 0.347. The van der Waals surface area contributed by atoms with Crippen LogP contribution in [0.5, 0.6) is 5.75 Å². The van der Waals surface area contributed by atoms with Crippen molar-refractivity contribution in [2.75, 3.05) is 0 Å². The van der Waals surface area contributed by atoms with Crippen molar-refractivity contribution < 1.29 is 9.90 Å². The zero-order valence-electron chi connectivity index (χ0n) is 16.7. The molecule has 0 bridgehead atoms. The molecule has 150 valence electrons. The topological polar surface area (TPSA) is 73.1 Å². The third-order valence-electron chi connectivity index (χ3n) is 5.12. The van der Waals surface area contributed by atoms with Crippen molar-refractivity contribution in [1.29, 1.82) is 5.26 Å². The molecule has 0 aliphatic carbocycles. The first-order valence-corrected chi connectivity index (χ1v) is 9.90. The zero-order valence-corrected chi connectivity index (χ0v) is 16.7. The summed E-state index contributed by atoms with van der Waals surface area (Å²) in [4.78, 5) is 13.1. The fourth-order valence-corrected chi connectivity index (χ4v) is 3.63. The predicted molar refractivity (Wildman–Crippen MR) is 122 cm³/mol. The minimum absolute atomic E-state index is 0.00754. The summed E-state index contributed by atoms with van der Waals surface area (Å²) in [6, 6.07) is 31.2. The molecule has 4 aromatic rings. The number of fused-ring (bicyclic) bond motifs is 1. The van der Waals surface area contributed by atoms with E-state index in [0.29, 0.717) is 5.56 Å². The van der Waals surface area contributed by atoms with Crippen molar-refractivity contribution in [3.05, 3.63) is 119 Å². The average molecular weight is 404 g/mol. The number of hydrogen-bond acceptors (Lipinski definition) is 3. The smallest absolute Gasteiger partial charge is 0.262 e. The largest absolute Gasteiger partial charge is 0.508 e. The van der Waals surface area contributed by atoms with Gasteiger partial charge in [0.25, 0.3) is 5.91 Å². The summed E-state index contributed by atoms with van der Waals surface area (Å²) < 4.78 is 0. The lowest BCUT2D eigenvalue weighted by atomic mass is 9.92. The third kappa shape index (κ3) is 4.31. The number of nitrogens with zero attached hydrogens (tertiary/aromatic N) is 1. The third-order valence-corrected chi connectivity index (χ3v) is 5.12. The molecule has 31 heavy (non-hydrogen) atoms. The van der Waals surface area contributed by atoms with Crippen LogP contribution in [-0.4, -0.2) is 11.0 Å². The van der Waals surface area contributed by atoms with Crippen LogP contribution < -0.4 is 5.32 Å². The number of aromatic hydroxyl groups is 1. The van der Waals surface area contributed by atoms with Crippen molar-refractivity contribution in [1.82, 2.24) is 5.32 Å². The second-order valence-corrected chi connectivity index (χ2v) is 7.12. The van der Waals surface area contributed by atoms with Crippen molar-refractivity contribution >= 4 is 22.8 Å². The molecule has 0 saturated heterocycles. The van der Waals surface area contributed by atoms with Crippen LogP contribution in [0, 0.1) is 11.3 Å². The molecule has 4 nitrogen and oxygen atoms in total. The molecule has 0 aliphatic heterocycles. The number of benzene rings is 4. The van der Waals surface area contributed by atoms with Crippen LogP contribution in [-0.2, 0) is 4.79 Å². The Morgan fingerprint density at radius 2 is 1.52 bits per heavy atom. The van der Waals surface area contributed by atoms with E-state index in [-0.39, 0.29) is 11.3 Å². The molecule has 1 atom stereocenters. The Bertz CT molecular complexity index is 1290. The fraction of sp³-hybridized carbons (Fsp3) is 0.0370. The molecule has 0 aliphatic rings. The summed E-state index contributed by atoms with van der Waals surface area (Å²) in [5.41, 5.74) is 2.15. The van der Waals surface area contributed by atoms with Crippen LogP contribution in [0.25, 0.3) is 16.8 Å². The van der Waals surface area contributed by atoms with E-state index in [1.165, 1.54) is 0 Å². The molecule has 0 saturated carbocycles. The van der Waals surface area contributed by atoms with Crippen molar-refractivity contribution in [3.8, 4) is 11.8 Å². The van der Waals surface area contributed by atoms with E-state index in [1.807, 2.05) is 97.1 Å². The highest BCUT2D eigenvalue weighted by atomic mass is 16.3. The molecule has 2 N–H and O–H groups in total. The van der Waals surface area contributed by atoms with Crippen LogP contribution in [0.15, 0.2) is 103 Å². The van der Waals surface area contributed by atoms with E-state index in [2.05, 4.69) is 5.32 Å². The van der Waals surface area contributed by atoms with E-state index in [4.69, 9.17) is 0 Å². The Morgan fingerprint density at radius 3 is 2.23 bits per heavy atom. The van der Waals surface area contributed by atoms with E-state index < -0.39 is 11.9 Å². The molecule has 4 aromatic carbocycles. The summed E-state index contributed by atoms with van der Waals surface area (Å²) in [5.74, 6) is -0.425. The van der Waals surface area contributed by atoms with Crippen LogP contribution >= 0.6 is 0 Å².